The van der Waals surface area contributed by atoms with Crippen LogP contribution in [-0.2, 0) is 9.84 Å². The number of hydrogen-bond donors (Lipinski definition) is 1. The van der Waals surface area contributed by atoms with Gasteiger partial charge in [0.1, 0.15) is 11.5 Å². The molecule has 0 spiro atoms. The molecule has 4 nitrogen and oxygen atoms in total. The zero-order valence-electron chi connectivity index (χ0n) is 9.81. The fourth-order valence-corrected chi connectivity index (χ4v) is 4.63. The minimum atomic E-state index is -3.30. The smallest absolute Gasteiger partial charge is 0.152 e. The zero-order valence-corrected chi connectivity index (χ0v) is 12.1. The molecule has 102 valence electrons. The quantitative estimate of drug-likeness (QED) is 0.907. The summed E-state index contributed by atoms with van der Waals surface area (Å²) in [4.78, 5) is 0. The van der Waals surface area contributed by atoms with Crippen molar-refractivity contribution in [2.45, 2.75) is 12.5 Å². The van der Waals surface area contributed by atoms with Crippen LogP contribution < -0.4 is 0 Å². The first-order valence-corrected chi connectivity index (χ1v) is 8.12. The van der Waals surface area contributed by atoms with Crippen molar-refractivity contribution in [3.05, 3.63) is 33.8 Å². The molecule has 2 atom stereocenters. The lowest BCUT2D eigenvalue weighted by atomic mass is 9.80. The van der Waals surface area contributed by atoms with Gasteiger partial charge in [-0.15, -0.1) is 0 Å². The second-order valence-electron chi connectivity index (χ2n) is 4.68. The van der Waals surface area contributed by atoms with Crippen molar-refractivity contribution >= 4 is 33.0 Å². The van der Waals surface area contributed by atoms with Crippen LogP contribution in [0.5, 0.6) is 0 Å². The van der Waals surface area contributed by atoms with E-state index in [1.165, 1.54) is 12.1 Å². The van der Waals surface area contributed by atoms with Gasteiger partial charge in [-0.1, -0.05) is 23.2 Å². The Labute approximate surface area is 121 Å². The molecule has 1 aromatic carbocycles. The second-order valence-corrected chi connectivity index (χ2v) is 7.71. The highest BCUT2D eigenvalue weighted by Crippen LogP contribution is 2.45. The number of sulfone groups is 1. The molecule has 0 saturated carbocycles. The Morgan fingerprint density at radius 1 is 1.42 bits per heavy atom. The summed E-state index contributed by atoms with van der Waals surface area (Å²) in [7, 11) is -3.30. The van der Waals surface area contributed by atoms with E-state index in [-0.39, 0.29) is 28.5 Å². The summed E-state index contributed by atoms with van der Waals surface area (Å²) in [6.45, 7) is 0. The standard InChI is InChI=1S/C12H11Cl2NO3S/c13-8-1-2-10(14)9(5-8)11(16)12(6-15)3-4-19(17,18)7-12/h1-2,5,11,16H,3-4,7H2. The van der Waals surface area contributed by atoms with Crippen LogP contribution in [0.4, 0.5) is 0 Å². The molecule has 2 unspecified atom stereocenters. The highest BCUT2D eigenvalue weighted by Gasteiger charge is 2.49. The van der Waals surface area contributed by atoms with E-state index < -0.39 is 21.4 Å². The normalized spacial score (nSPS) is 26.8. The van der Waals surface area contributed by atoms with Gasteiger partial charge in [0.25, 0.3) is 0 Å². The van der Waals surface area contributed by atoms with Gasteiger partial charge < -0.3 is 5.11 Å². The number of halogens is 2. The molecule has 2 rings (SSSR count). The minimum absolute atomic E-state index is 0.0931. The zero-order chi connectivity index (χ0) is 14.3. The molecule has 1 aliphatic heterocycles. The van der Waals surface area contributed by atoms with Crippen LogP contribution in [0.25, 0.3) is 0 Å². The molecule has 0 radical (unpaired) electrons. The maximum absolute atomic E-state index is 11.6. The van der Waals surface area contributed by atoms with Crippen LogP contribution in [0.3, 0.4) is 0 Å². The van der Waals surface area contributed by atoms with E-state index in [4.69, 9.17) is 23.2 Å². The maximum atomic E-state index is 11.6. The van der Waals surface area contributed by atoms with E-state index in [0.29, 0.717) is 5.02 Å². The van der Waals surface area contributed by atoms with Crippen molar-refractivity contribution in [3.63, 3.8) is 0 Å². The van der Waals surface area contributed by atoms with Crippen molar-refractivity contribution in [1.82, 2.24) is 0 Å². The number of rotatable bonds is 2. The van der Waals surface area contributed by atoms with E-state index in [0.717, 1.165) is 0 Å². The van der Waals surface area contributed by atoms with Gasteiger partial charge in [0.05, 0.1) is 17.6 Å². The lowest BCUT2D eigenvalue weighted by Crippen LogP contribution is -2.29. The Balaban J connectivity index is 2.46. The van der Waals surface area contributed by atoms with E-state index in [1.54, 1.807) is 6.07 Å². The van der Waals surface area contributed by atoms with Gasteiger partial charge in [0.15, 0.2) is 9.84 Å². The van der Waals surface area contributed by atoms with Crippen molar-refractivity contribution in [2.75, 3.05) is 11.5 Å². The van der Waals surface area contributed by atoms with Crippen LogP contribution in [0.15, 0.2) is 18.2 Å². The van der Waals surface area contributed by atoms with Crippen LogP contribution in [0, 0.1) is 16.7 Å². The summed E-state index contributed by atoms with van der Waals surface area (Å²) in [5.74, 6) is -0.462. The molecular formula is C12H11Cl2NO3S. The summed E-state index contributed by atoms with van der Waals surface area (Å²) in [6.07, 6.45) is -1.18. The van der Waals surface area contributed by atoms with Crippen molar-refractivity contribution < 1.29 is 13.5 Å². The predicted molar refractivity (Wildman–Crippen MR) is 72.7 cm³/mol. The Kier molecular flexibility index (Phi) is 3.80. The first kappa shape index (κ1) is 14.6. The average molecular weight is 320 g/mol. The molecule has 1 aromatic rings. The average Bonchev–Trinajstić information content (AvgIpc) is 2.68. The van der Waals surface area contributed by atoms with Crippen LogP contribution in [0.2, 0.25) is 10.0 Å². The number of benzene rings is 1. The first-order valence-electron chi connectivity index (χ1n) is 5.54. The molecule has 7 heteroatoms. The summed E-state index contributed by atoms with van der Waals surface area (Å²) in [6, 6.07) is 6.47. The second kappa shape index (κ2) is 4.95. The van der Waals surface area contributed by atoms with Gasteiger partial charge in [-0.3, -0.25) is 0 Å². The third kappa shape index (κ3) is 2.72. The van der Waals surface area contributed by atoms with Crippen LogP contribution in [0.1, 0.15) is 18.1 Å². The van der Waals surface area contributed by atoms with Gasteiger partial charge >= 0.3 is 0 Å². The topological polar surface area (TPSA) is 78.2 Å². The fraction of sp³-hybridized carbons (Fsp3) is 0.417. The summed E-state index contributed by atoms with van der Waals surface area (Å²) in [5, 5.41) is 20.3. The number of aliphatic hydroxyl groups is 1. The molecule has 0 aliphatic carbocycles. The third-order valence-electron chi connectivity index (χ3n) is 3.34. The third-order valence-corrected chi connectivity index (χ3v) is 5.70. The predicted octanol–water partition coefficient (Wildman–Crippen LogP) is 2.36. The number of nitrogens with zero attached hydrogens (tertiary/aromatic N) is 1. The van der Waals surface area contributed by atoms with E-state index in [9.17, 15) is 18.8 Å². The molecule has 0 aromatic heterocycles. The van der Waals surface area contributed by atoms with Gasteiger partial charge in [0, 0.05) is 15.6 Å². The van der Waals surface area contributed by atoms with Crippen molar-refractivity contribution in [3.8, 4) is 6.07 Å². The Morgan fingerprint density at radius 2 is 2.11 bits per heavy atom. The van der Waals surface area contributed by atoms with E-state index in [2.05, 4.69) is 0 Å². The molecule has 1 heterocycles. The van der Waals surface area contributed by atoms with E-state index in [1.807, 2.05) is 6.07 Å². The highest BCUT2D eigenvalue weighted by molar-refractivity contribution is 7.91. The SMILES string of the molecule is N#CC1(C(O)c2cc(Cl)ccc2Cl)CCS(=O)(=O)C1. The maximum Gasteiger partial charge on any atom is 0.152 e. The Hall–Kier alpha value is -0.800. The van der Waals surface area contributed by atoms with E-state index >= 15 is 0 Å². The van der Waals surface area contributed by atoms with Gasteiger partial charge in [-0.2, -0.15) is 5.26 Å². The van der Waals surface area contributed by atoms with Gasteiger partial charge in [-0.05, 0) is 24.6 Å². The summed E-state index contributed by atoms with van der Waals surface area (Å²) in [5.41, 5.74) is -1.07. The first-order chi connectivity index (χ1) is 8.80. The number of hydrogen-bond acceptors (Lipinski definition) is 4. The molecule has 19 heavy (non-hydrogen) atoms. The van der Waals surface area contributed by atoms with Crippen LogP contribution >= 0.6 is 23.2 Å². The monoisotopic (exact) mass is 319 g/mol. The lowest BCUT2D eigenvalue weighted by molar-refractivity contribution is 0.0794. The largest absolute Gasteiger partial charge is 0.387 e. The molecule has 1 saturated heterocycles. The molecule has 1 fully saturated rings. The number of nitriles is 1. The Bertz CT molecular complexity index is 653. The molecule has 1 N–H and O–H groups in total. The van der Waals surface area contributed by atoms with Gasteiger partial charge in [0.2, 0.25) is 0 Å². The van der Waals surface area contributed by atoms with Crippen molar-refractivity contribution in [2.24, 2.45) is 5.41 Å². The summed E-state index contributed by atoms with van der Waals surface area (Å²) >= 11 is 11.8. The molecule has 0 amide bonds. The molecule has 0 bridgehead atoms. The van der Waals surface area contributed by atoms with Crippen molar-refractivity contribution in [1.29, 1.82) is 5.26 Å². The molecular weight excluding hydrogens is 309 g/mol. The Morgan fingerprint density at radius 3 is 2.63 bits per heavy atom. The minimum Gasteiger partial charge on any atom is -0.387 e. The highest BCUT2D eigenvalue weighted by atomic mass is 35.5. The lowest BCUT2D eigenvalue weighted by Gasteiger charge is -2.26. The molecule has 1 aliphatic rings. The summed E-state index contributed by atoms with van der Waals surface area (Å²) < 4.78 is 23.1. The fourth-order valence-electron chi connectivity index (χ4n) is 2.26. The van der Waals surface area contributed by atoms with Crippen LogP contribution in [-0.4, -0.2) is 25.0 Å². The number of aliphatic hydroxyl groups excluding tert-OH is 1. The van der Waals surface area contributed by atoms with Gasteiger partial charge in [-0.25, -0.2) is 8.42 Å².